The van der Waals surface area contributed by atoms with Gasteiger partial charge in [0.15, 0.2) is 34.7 Å². The van der Waals surface area contributed by atoms with E-state index < -0.39 is 53.7 Å². The Kier molecular flexibility index (Phi) is 9.22. The van der Waals surface area contributed by atoms with Crippen LogP contribution in [0.15, 0.2) is 58.3 Å². The van der Waals surface area contributed by atoms with Crippen LogP contribution >= 0.6 is 11.8 Å². The van der Waals surface area contributed by atoms with E-state index in [1.54, 1.807) is 16.7 Å². The van der Waals surface area contributed by atoms with Gasteiger partial charge in [0.2, 0.25) is 5.82 Å². The number of nitrogens with zero attached hydrogens (tertiary/aromatic N) is 3. The van der Waals surface area contributed by atoms with Crippen LogP contribution in [-0.4, -0.2) is 75.1 Å². The minimum Gasteiger partial charge on any atom is -0.463 e. The highest BCUT2D eigenvalue weighted by molar-refractivity contribution is 7.99. The Bertz CT molecular complexity index is 1340. The van der Waals surface area contributed by atoms with Crippen molar-refractivity contribution >= 4 is 35.6 Å². The van der Waals surface area contributed by atoms with Crippen molar-refractivity contribution in [2.45, 2.75) is 62.7 Å². The Balaban J connectivity index is 1.78. The molecule has 3 aromatic rings. The van der Waals surface area contributed by atoms with E-state index in [1.807, 2.05) is 30.3 Å². The Morgan fingerprint density at radius 2 is 1.48 bits per heavy atom. The van der Waals surface area contributed by atoms with E-state index in [1.165, 1.54) is 20.1 Å². The number of furan rings is 1. The molecule has 2 aromatic heterocycles. The van der Waals surface area contributed by atoms with Gasteiger partial charge in [0.05, 0.1) is 6.26 Å². The summed E-state index contributed by atoms with van der Waals surface area (Å²) in [4.78, 5) is 47.9. The van der Waals surface area contributed by atoms with Crippen LogP contribution in [0.25, 0.3) is 17.3 Å². The number of para-hydroxylation sites is 1. The topological polar surface area (TPSA) is 158 Å². The first kappa shape index (κ1) is 28.8. The predicted octanol–water partition coefficient (Wildman–Crippen LogP) is 2.70. The average molecular weight is 574 g/mol. The number of ether oxygens (including phenoxy) is 5. The minimum absolute atomic E-state index is 0.318. The SMILES string of the molecule is CC(=O)OC[C@H]1O[C@@H](Sc2nnc(-c3ccco3)n2-c2ccccc2)[C@H](OC(C)=O)[C@@H](OC(C)=O)[C@H]1OC(C)=O. The summed E-state index contributed by atoms with van der Waals surface area (Å²) >= 11 is 1.02. The van der Waals surface area contributed by atoms with Gasteiger partial charge in [0.25, 0.3) is 0 Å². The van der Waals surface area contributed by atoms with Gasteiger partial charge >= 0.3 is 23.9 Å². The summed E-state index contributed by atoms with van der Waals surface area (Å²) in [6.07, 6.45) is -3.38. The predicted molar refractivity (Wildman–Crippen MR) is 137 cm³/mol. The van der Waals surface area contributed by atoms with E-state index in [-0.39, 0.29) is 6.61 Å². The van der Waals surface area contributed by atoms with Gasteiger partial charge in [-0.25, -0.2) is 0 Å². The second-order valence-electron chi connectivity index (χ2n) is 8.64. The number of esters is 4. The molecule has 0 spiro atoms. The van der Waals surface area contributed by atoms with E-state index in [2.05, 4.69) is 10.2 Å². The molecular weight excluding hydrogens is 546 g/mol. The van der Waals surface area contributed by atoms with Crippen LogP contribution in [-0.2, 0) is 42.9 Å². The van der Waals surface area contributed by atoms with E-state index in [0.717, 1.165) is 25.6 Å². The molecule has 5 atom stereocenters. The second kappa shape index (κ2) is 12.8. The summed E-state index contributed by atoms with van der Waals surface area (Å²) in [5, 5.41) is 8.94. The number of hydrogen-bond acceptors (Lipinski definition) is 13. The highest BCUT2D eigenvalue weighted by Gasteiger charge is 2.53. The maximum atomic E-state index is 12.2. The molecule has 13 nitrogen and oxygen atoms in total. The maximum Gasteiger partial charge on any atom is 0.303 e. The van der Waals surface area contributed by atoms with Crippen molar-refractivity contribution < 1.29 is 47.3 Å². The molecule has 0 aliphatic carbocycles. The fourth-order valence-electron chi connectivity index (χ4n) is 4.11. The van der Waals surface area contributed by atoms with Crippen molar-refractivity contribution in [2.24, 2.45) is 0 Å². The van der Waals surface area contributed by atoms with Gasteiger partial charge in [-0.1, -0.05) is 18.2 Å². The molecule has 0 bridgehead atoms. The van der Waals surface area contributed by atoms with Crippen molar-refractivity contribution in [1.82, 2.24) is 14.8 Å². The third kappa shape index (κ3) is 6.87. The Labute approximate surface area is 233 Å². The van der Waals surface area contributed by atoms with Crippen molar-refractivity contribution in [3.8, 4) is 17.3 Å². The number of aromatic nitrogens is 3. The number of carbonyl (C=O) groups excluding carboxylic acids is 4. The largest absolute Gasteiger partial charge is 0.463 e. The molecule has 14 heteroatoms. The van der Waals surface area contributed by atoms with E-state index in [0.29, 0.717) is 22.4 Å². The highest BCUT2D eigenvalue weighted by Crippen LogP contribution is 2.39. The highest BCUT2D eigenvalue weighted by atomic mass is 32.2. The van der Waals surface area contributed by atoms with Gasteiger partial charge in [-0.3, -0.25) is 23.7 Å². The molecule has 0 N–H and O–H groups in total. The van der Waals surface area contributed by atoms with E-state index in [9.17, 15) is 19.2 Å². The lowest BCUT2D eigenvalue weighted by atomic mass is 9.99. The first-order valence-electron chi connectivity index (χ1n) is 12.2. The van der Waals surface area contributed by atoms with Crippen molar-refractivity contribution in [3.63, 3.8) is 0 Å². The van der Waals surface area contributed by atoms with Gasteiger partial charge in [-0.05, 0) is 36.0 Å². The Morgan fingerprint density at radius 3 is 2.08 bits per heavy atom. The molecule has 0 unspecified atom stereocenters. The van der Waals surface area contributed by atoms with Crippen LogP contribution in [0.1, 0.15) is 27.7 Å². The van der Waals surface area contributed by atoms with Crippen molar-refractivity contribution in [1.29, 1.82) is 0 Å². The third-order valence-electron chi connectivity index (χ3n) is 5.56. The molecule has 0 amide bonds. The van der Waals surface area contributed by atoms with Crippen LogP contribution in [0, 0.1) is 0 Å². The van der Waals surface area contributed by atoms with Crippen LogP contribution < -0.4 is 0 Å². The molecule has 212 valence electrons. The summed E-state index contributed by atoms with van der Waals surface area (Å²) in [7, 11) is 0. The lowest BCUT2D eigenvalue weighted by molar-refractivity contribution is -0.237. The van der Waals surface area contributed by atoms with Gasteiger partial charge in [-0.2, -0.15) is 0 Å². The molecule has 1 saturated heterocycles. The molecule has 0 radical (unpaired) electrons. The lowest BCUT2D eigenvalue weighted by Crippen LogP contribution is -2.61. The molecule has 0 saturated carbocycles. The molecule has 3 heterocycles. The Hall–Kier alpha value is -4.17. The van der Waals surface area contributed by atoms with Gasteiger partial charge in [-0.15, -0.1) is 10.2 Å². The smallest absolute Gasteiger partial charge is 0.303 e. The first-order chi connectivity index (χ1) is 19.1. The summed E-state index contributed by atoms with van der Waals surface area (Å²) in [6, 6.07) is 12.7. The summed E-state index contributed by atoms with van der Waals surface area (Å²) in [6.45, 7) is 4.38. The molecule has 1 aliphatic heterocycles. The minimum atomic E-state index is -1.30. The van der Waals surface area contributed by atoms with Crippen LogP contribution in [0.3, 0.4) is 0 Å². The zero-order valence-electron chi connectivity index (χ0n) is 22.0. The number of hydrogen-bond donors (Lipinski definition) is 0. The van der Waals surface area contributed by atoms with Crippen molar-refractivity contribution in [2.75, 3.05) is 6.61 Å². The zero-order valence-corrected chi connectivity index (χ0v) is 22.9. The number of thioether (sulfide) groups is 1. The maximum absolute atomic E-state index is 12.2. The normalized spacial score (nSPS) is 22.2. The van der Waals surface area contributed by atoms with Crippen molar-refractivity contribution in [3.05, 3.63) is 48.7 Å². The van der Waals surface area contributed by atoms with Gasteiger partial charge < -0.3 is 28.1 Å². The molecule has 40 heavy (non-hydrogen) atoms. The molecule has 4 rings (SSSR count). The summed E-state index contributed by atoms with van der Waals surface area (Å²) in [5.74, 6) is -1.89. The van der Waals surface area contributed by atoms with E-state index >= 15 is 0 Å². The number of rotatable bonds is 9. The third-order valence-corrected chi connectivity index (χ3v) is 6.65. The fourth-order valence-corrected chi connectivity index (χ4v) is 5.24. The Morgan fingerprint density at radius 1 is 0.825 bits per heavy atom. The molecular formula is C26H27N3O10S. The first-order valence-corrected chi connectivity index (χ1v) is 13.0. The average Bonchev–Trinajstić information content (AvgIpc) is 3.56. The number of benzene rings is 1. The van der Waals surface area contributed by atoms with Crippen LogP contribution in [0.4, 0.5) is 0 Å². The van der Waals surface area contributed by atoms with Crippen LogP contribution in [0.2, 0.25) is 0 Å². The standard InChI is InChI=1S/C26H27N3O10S/c1-14(30)35-13-20-21(36-15(2)31)22(37-16(3)32)23(38-17(4)33)25(39-20)40-26-28-27-24(19-11-8-12-34-19)29(26)18-9-6-5-7-10-18/h5-12,20-23,25H,13H2,1-4H3/t20-,21+,22+,23-,25+/m1/s1. The summed E-state index contributed by atoms with van der Waals surface area (Å²) in [5.41, 5.74) is -0.372. The van der Waals surface area contributed by atoms with Gasteiger partial charge in [0.1, 0.15) is 12.7 Å². The number of carbonyl (C=O) groups is 4. The van der Waals surface area contributed by atoms with Crippen LogP contribution in [0.5, 0.6) is 0 Å². The molecule has 1 fully saturated rings. The fraction of sp³-hybridized carbons (Fsp3) is 0.385. The van der Waals surface area contributed by atoms with E-state index in [4.69, 9.17) is 28.1 Å². The second-order valence-corrected chi connectivity index (χ2v) is 9.71. The quantitative estimate of drug-likeness (QED) is 0.272. The summed E-state index contributed by atoms with van der Waals surface area (Å²) < 4.78 is 35.1. The lowest BCUT2D eigenvalue weighted by Gasteiger charge is -2.43. The van der Waals surface area contributed by atoms with Gasteiger partial charge in [0, 0.05) is 33.4 Å². The monoisotopic (exact) mass is 573 g/mol. The molecule has 1 aliphatic rings. The molecule has 1 aromatic carbocycles. The zero-order chi connectivity index (χ0) is 28.8.